The lowest BCUT2D eigenvalue weighted by atomic mass is 10.2. The molecule has 1 heterocycles. The first-order valence-electron chi connectivity index (χ1n) is 5.53. The molecule has 104 valence electrons. The van der Waals surface area contributed by atoms with Crippen LogP contribution in [0.25, 0.3) is 0 Å². The van der Waals surface area contributed by atoms with Gasteiger partial charge in [-0.15, -0.1) is 24.8 Å². The third kappa shape index (κ3) is 4.97. The van der Waals surface area contributed by atoms with E-state index in [2.05, 4.69) is 29.1 Å². The molecule has 1 aromatic carbocycles. The molecule has 0 saturated heterocycles. The maximum atomic E-state index is 5.14. The molecule has 0 saturated carbocycles. The second-order valence-electron chi connectivity index (χ2n) is 3.91. The second kappa shape index (κ2) is 8.62. The van der Waals surface area contributed by atoms with Crippen LogP contribution in [0.15, 0.2) is 48.8 Å². The predicted octanol–water partition coefficient (Wildman–Crippen LogP) is 3.57. The Bertz CT molecular complexity index is 463. The van der Waals surface area contributed by atoms with Crippen molar-refractivity contribution >= 4 is 30.5 Å². The number of methoxy groups -OCH3 is 1. The van der Waals surface area contributed by atoms with Crippen LogP contribution in [0.5, 0.6) is 5.75 Å². The molecule has 0 spiro atoms. The number of benzene rings is 1. The average Bonchev–Trinajstić information content (AvgIpc) is 2.40. The number of rotatable bonds is 4. The van der Waals surface area contributed by atoms with Crippen LogP contribution >= 0.6 is 24.8 Å². The van der Waals surface area contributed by atoms with E-state index in [-0.39, 0.29) is 24.8 Å². The smallest absolute Gasteiger partial charge is 0.118 e. The van der Waals surface area contributed by atoms with Crippen molar-refractivity contribution in [3.05, 3.63) is 54.4 Å². The van der Waals surface area contributed by atoms with Crippen LogP contribution in [0.1, 0.15) is 5.56 Å². The van der Waals surface area contributed by atoms with E-state index in [9.17, 15) is 0 Å². The fourth-order valence-corrected chi connectivity index (χ4v) is 1.69. The van der Waals surface area contributed by atoms with Gasteiger partial charge in [0, 0.05) is 31.7 Å². The van der Waals surface area contributed by atoms with Gasteiger partial charge in [0.2, 0.25) is 0 Å². The highest BCUT2D eigenvalue weighted by Crippen LogP contribution is 2.16. The van der Waals surface area contributed by atoms with Crippen molar-refractivity contribution in [3.63, 3.8) is 0 Å². The summed E-state index contributed by atoms with van der Waals surface area (Å²) >= 11 is 0. The van der Waals surface area contributed by atoms with Gasteiger partial charge >= 0.3 is 0 Å². The number of nitrogens with zero attached hydrogens (tertiary/aromatic N) is 2. The minimum atomic E-state index is 0. The molecule has 0 aliphatic heterocycles. The number of anilines is 1. The number of aromatic nitrogens is 1. The van der Waals surface area contributed by atoms with Crippen LogP contribution in [0, 0.1) is 0 Å². The van der Waals surface area contributed by atoms with Gasteiger partial charge in [-0.1, -0.05) is 12.1 Å². The van der Waals surface area contributed by atoms with E-state index >= 15 is 0 Å². The Labute approximate surface area is 126 Å². The van der Waals surface area contributed by atoms with E-state index < -0.39 is 0 Å². The van der Waals surface area contributed by atoms with E-state index in [4.69, 9.17) is 4.74 Å². The summed E-state index contributed by atoms with van der Waals surface area (Å²) in [6.07, 6.45) is 3.61. The molecular formula is C14H18Cl2N2O. The highest BCUT2D eigenvalue weighted by atomic mass is 35.5. The minimum absolute atomic E-state index is 0. The van der Waals surface area contributed by atoms with Crippen molar-refractivity contribution in [3.8, 4) is 5.75 Å². The Kier molecular flexibility index (Phi) is 7.96. The summed E-state index contributed by atoms with van der Waals surface area (Å²) in [5.41, 5.74) is 2.42. The van der Waals surface area contributed by atoms with Crippen LogP contribution in [0.4, 0.5) is 5.69 Å². The lowest BCUT2D eigenvalue weighted by Crippen LogP contribution is -2.16. The molecule has 0 N–H and O–H groups in total. The zero-order valence-corrected chi connectivity index (χ0v) is 12.6. The number of halogens is 2. The fraction of sp³-hybridized carbons (Fsp3) is 0.214. The number of hydrogen-bond acceptors (Lipinski definition) is 3. The largest absolute Gasteiger partial charge is 0.497 e. The average molecular weight is 301 g/mol. The monoisotopic (exact) mass is 300 g/mol. The quantitative estimate of drug-likeness (QED) is 0.863. The minimum Gasteiger partial charge on any atom is -0.497 e. The first kappa shape index (κ1) is 17.6. The summed E-state index contributed by atoms with van der Waals surface area (Å²) in [7, 11) is 3.75. The molecule has 0 unspecified atom stereocenters. The maximum Gasteiger partial charge on any atom is 0.118 e. The highest BCUT2D eigenvalue weighted by Gasteiger charge is 2.01. The normalized spacial score (nSPS) is 8.95. The zero-order valence-electron chi connectivity index (χ0n) is 10.9. The summed E-state index contributed by atoms with van der Waals surface area (Å²) in [5, 5.41) is 0. The summed E-state index contributed by atoms with van der Waals surface area (Å²) in [5.74, 6) is 0.889. The van der Waals surface area contributed by atoms with Crippen molar-refractivity contribution in [2.24, 2.45) is 0 Å². The standard InChI is InChI=1S/C14H16N2O.2ClH/c1-16(13-7-9-15-10-8-13)11-12-3-5-14(17-2)6-4-12;;/h3-10H,11H2,1-2H3;2*1H. The van der Waals surface area contributed by atoms with Gasteiger partial charge in [0.15, 0.2) is 0 Å². The van der Waals surface area contributed by atoms with E-state index in [1.165, 1.54) is 5.56 Å². The van der Waals surface area contributed by atoms with E-state index in [1.54, 1.807) is 19.5 Å². The zero-order chi connectivity index (χ0) is 12.1. The van der Waals surface area contributed by atoms with Gasteiger partial charge in [-0.3, -0.25) is 4.98 Å². The molecule has 2 rings (SSSR count). The van der Waals surface area contributed by atoms with Crippen molar-refractivity contribution in [2.45, 2.75) is 6.54 Å². The van der Waals surface area contributed by atoms with Crippen molar-refractivity contribution in [1.82, 2.24) is 4.98 Å². The molecule has 2 aromatic rings. The molecule has 0 aliphatic rings. The molecule has 3 nitrogen and oxygen atoms in total. The predicted molar refractivity (Wildman–Crippen MR) is 83.8 cm³/mol. The van der Waals surface area contributed by atoms with E-state index in [1.807, 2.05) is 24.3 Å². The summed E-state index contributed by atoms with van der Waals surface area (Å²) < 4.78 is 5.14. The number of hydrogen-bond donors (Lipinski definition) is 0. The highest BCUT2D eigenvalue weighted by molar-refractivity contribution is 5.85. The van der Waals surface area contributed by atoms with Crippen LogP contribution in [0.3, 0.4) is 0 Å². The van der Waals surface area contributed by atoms with Crippen LogP contribution in [-0.4, -0.2) is 19.1 Å². The molecule has 5 heteroatoms. The Hall–Kier alpha value is -1.45. The lowest BCUT2D eigenvalue weighted by Gasteiger charge is -2.19. The number of ether oxygens (including phenoxy) is 1. The molecular weight excluding hydrogens is 283 g/mol. The Balaban J connectivity index is 0.00000162. The molecule has 0 amide bonds. The van der Waals surface area contributed by atoms with Crippen LogP contribution in [-0.2, 0) is 6.54 Å². The van der Waals surface area contributed by atoms with Gasteiger partial charge in [0.25, 0.3) is 0 Å². The van der Waals surface area contributed by atoms with Crippen molar-refractivity contribution < 1.29 is 4.74 Å². The first-order valence-corrected chi connectivity index (χ1v) is 5.53. The van der Waals surface area contributed by atoms with Crippen molar-refractivity contribution in [2.75, 3.05) is 19.1 Å². The molecule has 0 radical (unpaired) electrons. The van der Waals surface area contributed by atoms with E-state index in [0.717, 1.165) is 18.0 Å². The SMILES string of the molecule is COc1ccc(CN(C)c2ccncc2)cc1.Cl.Cl. The molecule has 0 atom stereocenters. The van der Waals surface area contributed by atoms with Gasteiger partial charge in [-0.25, -0.2) is 0 Å². The summed E-state index contributed by atoms with van der Waals surface area (Å²) in [6.45, 7) is 0.869. The molecule has 19 heavy (non-hydrogen) atoms. The lowest BCUT2D eigenvalue weighted by molar-refractivity contribution is 0.414. The molecule has 0 bridgehead atoms. The first-order chi connectivity index (χ1) is 8.29. The Morgan fingerprint density at radius 3 is 2.11 bits per heavy atom. The van der Waals surface area contributed by atoms with Gasteiger partial charge < -0.3 is 9.64 Å². The van der Waals surface area contributed by atoms with Crippen LogP contribution < -0.4 is 9.64 Å². The third-order valence-electron chi connectivity index (χ3n) is 2.68. The Morgan fingerprint density at radius 2 is 1.58 bits per heavy atom. The van der Waals surface area contributed by atoms with Gasteiger partial charge in [0.1, 0.15) is 5.75 Å². The summed E-state index contributed by atoms with van der Waals surface area (Å²) in [6, 6.07) is 12.1. The topological polar surface area (TPSA) is 25.4 Å². The molecule has 1 aromatic heterocycles. The van der Waals surface area contributed by atoms with Gasteiger partial charge in [-0.2, -0.15) is 0 Å². The summed E-state index contributed by atoms with van der Waals surface area (Å²) in [4.78, 5) is 6.20. The molecule has 0 fully saturated rings. The van der Waals surface area contributed by atoms with Gasteiger partial charge in [-0.05, 0) is 29.8 Å². The number of pyridine rings is 1. The third-order valence-corrected chi connectivity index (χ3v) is 2.68. The van der Waals surface area contributed by atoms with Gasteiger partial charge in [0.05, 0.1) is 7.11 Å². The van der Waals surface area contributed by atoms with Crippen molar-refractivity contribution in [1.29, 1.82) is 0 Å². The second-order valence-corrected chi connectivity index (χ2v) is 3.91. The van der Waals surface area contributed by atoms with E-state index in [0.29, 0.717) is 0 Å². The van der Waals surface area contributed by atoms with Crippen LogP contribution in [0.2, 0.25) is 0 Å². The molecule has 0 aliphatic carbocycles. The fourth-order valence-electron chi connectivity index (χ4n) is 1.69. The maximum absolute atomic E-state index is 5.14. The Morgan fingerprint density at radius 1 is 1.00 bits per heavy atom.